The molecule has 0 amide bonds. The van der Waals surface area contributed by atoms with Crippen LogP contribution in [-0.4, -0.2) is 32.0 Å². The lowest BCUT2D eigenvalue weighted by Crippen LogP contribution is -2.35. The fraction of sp³-hybridized carbons (Fsp3) is 0.500. The zero-order valence-corrected chi connectivity index (χ0v) is 7.74. The second-order valence-corrected chi connectivity index (χ2v) is 2.38. The molecular weight excluding hydrogens is 172 g/mol. The van der Waals surface area contributed by atoms with Crippen LogP contribution in [0.4, 0.5) is 0 Å². The van der Waals surface area contributed by atoms with Crippen molar-refractivity contribution in [2.45, 2.75) is 12.5 Å². The highest BCUT2D eigenvalue weighted by Crippen LogP contribution is 1.96. The van der Waals surface area contributed by atoms with Crippen LogP contribution in [0.5, 0.6) is 0 Å². The molecule has 0 aliphatic rings. The number of ketones is 1. The van der Waals surface area contributed by atoms with Crippen molar-refractivity contribution in [3.63, 3.8) is 0 Å². The van der Waals surface area contributed by atoms with Crippen molar-refractivity contribution in [3.05, 3.63) is 12.3 Å². The number of likely N-dealkylation sites (N-methyl/N-ethyl adjacent to an activating group) is 1. The van der Waals surface area contributed by atoms with Gasteiger partial charge in [-0.15, -0.1) is 0 Å². The number of hydrogen-bond acceptors (Lipinski definition) is 5. The maximum atomic E-state index is 11.2. The molecule has 0 aromatic heterocycles. The van der Waals surface area contributed by atoms with Crippen LogP contribution in [0.1, 0.15) is 6.42 Å². The van der Waals surface area contributed by atoms with E-state index in [9.17, 15) is 9.59 Å². The lowest BCUT2D eigenvalue weighted by atomic mass is 10.1. The first-order valence-corrected chi connectivity index (χ1v) is 3.82. The summed E-state index contributed by atoms with van der Waals surface area (Å²) in [5.41, 5.74) is 5.04. The molecule has 0 rings (SSSR count). The molecule has 0 bridgehead atoms. The van der Waals surface area contributed by atoms with Crippen LogP contribution in [0.25, 0.3) is 0 Å². The summed E-state index contributed by atoms with van der Waals surface area (Å²) in [6.45, 7) is 0. The molecule has 74 valence electrons. The van der Waals surface area contributed by atoms with Gasteiger partial charge in [-0.1, -0.05) is 0 Å². The summed E-state index contributed by atoms with van der Waals surface area (Å²) in [6, 6.07) is -0.563. The Balaban J connectivity index is 4.17. The average Bonchev–Trinajstić information content (AvgIpc) is 2.14. The van der Waals surface area contributed by atoms with Crippen LogP contribution in [0, 0.1) is 0 Å². The number of rotatable bonds is 5. The normalized spacial score (nSPS) is 12.8. The third-order valence-corrected chi connectivity index (χ3v) is 1.55. The third kappa shape index (κ3) is 4.27. The van der Waals surface area contributed by atoms with E-state index in [0.29, 0.717) is 0 Å². The van der Waals surface area contributed by atoms with Crippen molar-refractivity contribution in [2.75, 3.05) is 14.2 Å². The SMILES string of the molecule is CNC(CC(=O)OC)C(=O)C=CN. The summed E-state index contributed by atoms with van der Waals surface area (Å²) in [5, 5.41) is 2.69. The number of methoxy groups -OCH3 is 1. The summed E-state index contributed by atoms with van der Waals surface area (Å²) >= 11 is 0. The van der Waals surface area contributed by atoms with E-state index in [2.05, 4.69) is 10.1 Å². The highest BCUT2D eigenvalue weighted by molar-refractivity contribution is 5.96. The molecule has 5 heteroatoms. The molecule has 0 heterocycles. The first kappa shape index (κ1) is 11.6. The quantitative estimate of drug-likeness (QED) is 0.433. The van der Waals surface area contributed by atoms with E-state index < -0.39 is 12.0 Å². The molecule has 0 saturated carbocycles. The van der Waals surface area contributed by atoms with E-state index in [1.54, 1.807) is 7.05 Å². The first-order valence-electron chi connectivity index (χ1n) is 3.82. The Kier molecular flexibility index (Phi) is 5.54. The Morgan fingerprint density at radius 1 is 1.62 bits per heavy atom. The van der Waals surface area contributed by atoms with Gasteiger partial charge in [0.2, 0.25) is 0 Å². The van der Waals surface area contributed by atoms with E-state index in [1.165, 1.54) is 13.2 Å². The minimum absolute atomic E-state index is 0.0101. The van der Waals surface area contributed by atoms with Gasteiger partial charge in [-0.05, 0) is 19.3 Å². The van der Waals surface area contributed by atoms with E-state index in [-0.39, 0.29) is 12.2 Å². The van der Waals surface area contributed by atoms with Gasteiger partial charge in [-0.2, -0.15) is 0 Å². The number of esters is 1. The summed E-state index contributed by atoms with van der Waals surface area (Å²) < 4.78 is 4.42. The minimum atomic E-state index is -0.563. The second kappa shape index (κ2) is 6.19. The highest BCUT2D eigenvalue weighted by Gasteiger charge is 2.17. The summed E-state index contributed by atoms with van der Waals surface area (Å²) in [7, 11) is 2.87. The van der Waals surface area contributed by atoms with E-state index in [4.69, 9.17) is 5.73 Å². The van der Waals surface area contributed by atoms with Crippen molar-refractivity contribution in [3.8, 4) is 0 Å². The van der Waals surface area contributed by atoms with Crippen molar-refractivity contribution in [2.24, 2.45) is 5.73 Å². The smallest absolute Gasteiger partial charge is 0.307 e. The van der Waals surface area contributed by atoms with Gasteiger partial charge in [0.1, 0.15) is 0 Å². The third-order valence-electron chi connectivity index (χ3n) is 1.55. The minimum Gasteiger partial charge on any atom is -0.469 e. The maximum absolute atomic E-state index is 11.2. The summed E-state index contributed by atoms with van der Waals surface area (Å²) in [5.74, 6) is -0.673. The van der Waals surface area contributed by atoms with Gasteiger partial charge in [0.15, 0.2) is 5.78 Å². The Morgan fingerprint density at radius 3 is 2.62 bits per heavy atom. The van der Waals surface area contributed by atoms with Crippen LogP contribution in [-0.2, 0) is 14.3 Å². The van der Waals surface area contributed by atoms with Crippen LogP contribution in [0.3, 0.4) is 0 Å². The first-order chi connectivity index (χ1) is 6.15. The number of nitrogens with one attached hydrogen (secondary N) is 1. The Bertz CT molecular complexity index is 213. The molecule has 1 unspecified atom stereocenters. The number of ether oxygens (including phenoxy) is 1. The predicted molar refractivity (Wildman–Crippen MR) is 47.8 cm³/mol. The van der Waals surface area contributed by atoms with Gasteiger partial charge >= 0.3 is 5.97 Å². The lowest BCUT2D eigenvalue weighted by molar-refractivity contribution is -0.142. The average molecular weight is 186 g/mol. The summed E-state index contributed by atoms with van der Waals surface area (Å²) in [4.78, 5) is 22.0. The largest absolute Gasteiger partial charge is 0.469 e. The van der Waals surface area contributed by atoms with Crippen molar-refractivity contribution >= 4 is 11.8 Å². The monoisotopic (exact) mass is 186 g/mol. The molecule has 13 heavy (non-hydrogen) atoms. The van der Waals surface area contributed by atoms with E-state index in [1.807, 2.05) is 0 Å². The van der Waals surface area contributed by atoms with Gasteiger partial charge in [-0.3, -0.25) is 9.59 Å². The Morgan fingerprint density at radius 2 is 2.23 bits per heavy atom. The zero-order chi connectivity index (χ0) is 10.3. The van der Waals surface area contributed by atoms with Gasteiger partial charge in [0.25, 0.3) is 0 Å². The molecule has 0 radical (unpaired) electrons. The molecule has 1 atom stereocenters. The molecule has 0 saturated heterocycles. The molecule has 5 nitrogen and oxygen atoms in total. The number of carbonyl (C=O) groups excluding carboxylic acids is 2. The molecular formula is C8H14N2O3. The van der Waals surface area contributed by atoms with E-state index in [0.717, 1.165) is 6.20 Å². The van der Waals surface area contributed by atoms with Gasteiger partial charge in [0, 0.05) is 0 Å². The molecule has 3 N–H and O–H groups in total. The lowest BCUT2D eigenvalue weighted by Gasteiger charge is -2.10. The molecule has 0 aliphatic heterocycles. The van der Waals surface area contributed by atoms with Crippen molar-refractivity contribution < 1.29 is 14.3 Å². The highest BCUT2D eigenvalue weighted by atomic mass is 16.5. The molecule has 0 spiro atoms. The molecule has 0 fully saturated rings. The van der Waals surface area contributed by atoms with Crippen LogP contribution < -0.4 is 11.1 Å². The van der Waals surface area contributed by atoms with Crippen molar-refractivity contribution in [1.29, 1.82) is 0 Å². The van der Waals surface area contributed by atoms with Crippen molar-refractivity contribution in [1.82, 2.24) is 5.32 Å². The van der Waals surface area contributed by atoms with Crippen LogP contribution in [0.15, 0.2) is 12.3 Å². The zero-order valence-electron chi connectivity index (χ0n) is 7.74. The molecule has 0 aromatic carbocycles. The second-order valence-electron chi connectivity index (χ2n) is 2.38. The number of nitrogens with two attached hydrogens (primary N) is 1. The Hall–Kier alpha value is -1.36. The molecule has 0 aromatic rings. The van der Waals surface area contributed by atoms with Gasteiger partial charge in [0.05, 0.1) is 19.6 Å². The van der Waals surface area contributed by atoms with Crippen LogP contribution in [0.2, 0.25) is 0 Å². The Labute approximate surface area is 76.9 Å². The molecule has 0 aliphatic carbocycles. The standard InChI is InChI=1S/C8H14N2O3/c1-10-6(5-8(12)13-2)7(11)3-4-9/h3-4,6,10H,5,9H2,1-2H3. The fourth-order valence-electron chi connectivity index (χ4n) is 0.806. The maximum Gasteiger partial charge on any atom is 0.307 e. The van der Waals surface area contributed by atoms with E-state index >= 15 is 0 Å². The fourth-order valence-corrected chi connectivity index (χ4v) is 0.806. The summed E-state index contributed by atoms with van der Waals surface area (Å²) in [6.07, 6.45) is 2.37. The predicted octanol–water partition coefficient (Wildman–Crippen LogP) is -0.821. The van der Waals surface area contributed by atoms with Gasteiger partial charge < -0.3 is 15.8 Å². The van der Waals surface area contributed by atoms with Crippen LogP contribution >= 0.6 is 0 Å². The number of hydrogen-bond donors (Lipinski definition) is 2. The number of carbonyl (C=O) groups is 2. The topological polar surface area (TPSA) is 81.4 Å². The van der Waals surface area contributed by atoms with Gasteiger partial charge in [-0.25, -0.2) is 0 Å².